The number of rotatable bonds is 2. The number of nitrogens with two attached hydrogens (primary N) is 2. The minimum atomic E-state index is -3.05. The van der Waals surface area contributed by atoms with Gasteiger partial charge in [-0.3, -0.25) is 28.9 Å². The lowest BCUT2D eigenvalue weighted by Crippen LogP contribution is -2.77. The molecule has 35 heavy (non-hydrogen) atoms. The molecular weight excluding hydrogens is 458 g/mol. The molecule has 0 saturated heterocycles. The minimum Gasteiger partial charge on any atom is -0.505 e. The highest BCUT2D eigenvalue weighted by molar-refractivity contribution is 6.32. The minimum absolute atomic E-state index is 0.103. The molecule has 1 aromatic carbocycles. The summed E-state index contributed by atoms with van der Waals surface area (Å²) in [4.78, 5) is 67.0. The van der Waals surface area contributed by atoms with Gasteiger partial charge in [0.25, 0.3) is 0 Å². The van der Waals surface area contributed by atoms with Gasteiger partial charge in [0, 0.05) is 5.92 Å². The summed E-state index contributed by atoms with van der Waals surface area (Å²) in [5, 5.41) is 33.7. The number of likely N-dealkylation sites (N-methyl/N-ethyl adjacent to an activating group) is 1. The Morgan fingerprint density at radius 1 is 1.20 bits per heavy atom. The first-order valence-corrected chi connectivity index (χ1v) is 10.9. The number of anilines is 1. The zero-order valence-electron chi connectivity index (χ0n) is 19.2. The molecule has 2 fully saturated rings. The van der Waals surface area contributed by atoms with Crippen LogP contribution in [0, 0.1) is 36.0 Å². The zero-order chi connectivity index (χ0) is 26.3. The Balaban J connectivity index is 1.99. The number of nitrogens with zero attached hydrogens (tertiary/aromatic N) is 1. The highest BCUT2D eigenvalue weighted by Crippen LogP contribution is 2.55. The smallest absolute Gasteiger partial charge is 0.235 e. The third-order valence-electron chi connectivity index (χ3n) is 7.81. The van der Waals surface area contributed by atoms with Crippen molar-refractivity contribution in [1.29, 1.82) is 0 Å². The molecule has 1 amide bonds. The highest BCUT2D eigenvalue weighted by Gasteiger charge is 2.72. The van der Waals surface area contributed by atoms with E-state index in [0.29, 0.717) is 0 Å². The first-order valence-electron chi connectivity index (χ1n) is 10.9. The lowest BCUT2D eigenvalue weighted by atomic mass is 9.49. The predicted octanol–water partition coefficient (Wildman–Crippen LogP) is -2.04. The predicted molar refractivity (Wildman–Crippen MR) is 120 cm³/mol. The number of amides is 1. The maximum Gasteiger partial charge on any atom is 0.235 e. The molecule has 0 radical (unpaired) electrons. The van der Waals surface area contributed by atoms with Crippen LogP contribution >= 0.6 is 0 Å². The van der Waals surface area contributed by atoms with Gasteiger partial charge in [-0.05, 0) is 31.6 Å². The van der Waals surface area contributed by atoms with E-state index in [0.717, 1.165) is 0 Å². The molecule has 0 spiro atoms. The highest BCUT2D eigenvalue weighted by atomic mass is 16.3. The van der Waals surface area contributed by atoms with Gasteiger partial charge in [-0.15, -0.1) is 6.42 Å². The molecule has 2 saturated carbocycles. The summed E-state index contributed by atoms with van der Waals surface area (Å²) in [5.41, 5.74) is 7.85. The molecule has 11 heteroatoms. The molecule has 1 aromatic rings. The van der Waals surface area contributed by atoms with Gasteiger partial charge in [0.05, 0.1) is 40.8 Å². The average molecular weight is 483 g/mol. The number of primary amides is 1. The first-order chi connectivity index (χ1) is 16.2. The molecule has 184 valence electrons. The summed E-state index contributed by atoms with van der Waals surface area (Å²) in [6.07, 6.45) is 3.75. The number of fused-ring (bicyclic) bond motifs is 3. The molecule has 11 nitrogen and oxygen atoms in total. The van der Waals surface area contributed by atoms with Gasteiger partial charge in [0.15, 0.2) is 40.4 Å². The van der Waals surface area contributed by atoms with Gasteiger partial charge in [0.2, 0.25) is 5.91 Å². The number of hydrogen-bond donors (Lipinski definition) is 5. The second-order valence-corrected chi connectivity index (χ2v) is 9.66. The van der Waals surface area contributed by atoms with Crippen molar-refractivity contribution < 1.29 is 39.3 Å². The number of nitrogen functional groups attached to an aromatic ring is 1. The summed E-state index contributed by atoms with van der Waals surface area (Å²) < 4.78 is 0. The topological polar surface area (TPSA) is 201 Å². The van der Waals surface area contributed by atoms with Gasteiger partial charge in [-0.25, -0.2) is 0 Å². The SMILES string of the molecule is C#Cc1cc2c(c(O)c1N)C(=O)C1C(=O)C3(O)C(=O)C(C(N)=O)C(=O)[C@@H](N(C)C)C3C(O)C1C2C. The number of terminal acetylenes is 1. The van der Waals surface area contributed by atoms with E-state index in [9.17, 15) is 39.3 Å². The Bertz CT molecular complexity index is 1260. The molecule has 0 heterocycles. The number of ketones is 4. The fourth-order valence-corrected chi connectivity index (χ4v) is 6.19. The van der Waals surface area contributed by atoms with Crippen LogP contribution in [0.4, 0.5) is 5.69 Å². The molecule has 3 aliphatic carbocycles. The van der Waals surface area contributed by atoms with E-state index in [1.807, 2.05) is 0 Å². The first kappa shape index (κ1) is 24.5. The number of Topliss-reactive ketones (excluding diaryl/α,β-unsaturated/α-hetero) is 4. The van der Waals surface area contributed by atoms with Crippen LogP contribution in [-0.4, -0.2) is 81.1 Å². The van der Waals surface area contributed by atoms with Crippen LogP contribution in [-0.2, 0) is 19.2 Å². The molecule has 0 bridgehead atoms. The number of aromatic hydroxyl groups is 1. The summed E-state index contributed by atoms with van der Waals surface area (Å²) in [7, 11) is 2.84. The van der Waals surface area contributed by atoms with Crippen molar-refractivity contribution in [2.75, 3.05) is 19.8 Å². The Labute approximate surface area is 200 Å². The van der Waals surface area contributed by atoms with E-state index >= 15 is 0 Å². The van der Waals surface area contributed by atoms with Gasteiger partial charge in [-0.2, -0.15) is 0 Å². The number of hydrogen-bond acceptors (Lipinski definition) is 10. The lowest BCUT2D eigenvalue weighted by molar-refractivity contribution is -0.196. The molecule has 7 N–H and O–H groups in total. The number of carbonyl (C=O) groups excluding carboxylic acids is 5. The largest absolute Gasteiger partial charge is 0.505 e. The number of phenols is 1. The van der Waals surface area contributed by atoms with Crippen molar-refractivity contribution in [2.24, 2.45) is 29.4 Å². The van der Waals surface area contributed by atoms with E-state index in [-0.39, 0.29) is 22.4 Å². The van der Waals surface area contributed by atoms with Crippen LogP contribution in [0.25, 0.3) is 0 Å². The third-order valence-corrected chi connectivity index (χ3v) is 7.81. The zero-order valence-corrected chi connectivity index (χ0v) is 19.2. The summed E-state index contributed by atoms with van der Waals surface area (Å²) in [5.74, 6) is -11.9. The standard InChI is InChI=1S/C24H25N3O8/c1-5-8-6-9-7(2)10-12(17(28)11(9)19(30)15(8)25)21(32)24(35)14(18(10)29)16(27(3)4)20(31)13(22(24)33)23(26)34/h1,6-7,10,12-14,16,18,29-30,35H,25H2,2-4H3,(H2,26,34)/t7?,10?,12?,13?,14?,16-,18?,24?/m0/s1. The van der Waals surface area contributed by atoms with Gasteiger partial charge in [-0.1, -0.05) is 12.8 Å². The lowest BCUT2D eigenvalue weighted by Gasteiger charge is -2.56. The second kappa shape index (κ2) is 7.71. The average Bonchev–Trinajstić information content (AvgIpc) is 2.77. The molecule has 0 aromatic heterocycles. The van der Waals surface area contributed by atoms with Crippen molar-refractivity contribution in [2.45, 2.75) is 30.6 Å². The van der Waals surface area contributed by atoms with Crippen molar-refractivity contribution >= 4 is 34.7 Å². The summed E-state index contributed by atoms with van der Waals surface area (Å²) in [6.45, 7) is 1.59. The third kappa shape index (κ3) is 2.87. The quantitative estimate of drug-likeness (QED) is 0.135. The fourth-order valence-electron chi connectivity index (χ4n) is 6.19. The van der Waals surface area contributed by atoms with E-state index < -0.39 is 82.1 Å². The molecule has 3 aliphatic rings. The van der Waals surface area contributed by atoms with Crippen LogP contribution in [0.1, 0.15) is 34.3 Å². The fraction of sp³-hybridized carbons (Fsp3) is 0.458. The molecule has 7 unspecified atom stereocenters. The van der Waals surface area contributed by atoms with Gasteiger partial charge >= 0.3 is 0 Å². The van der Waals surface area contributed by atoms with Crippen molar-refractivity contribution in [1.82, 2.24) is 4.90 Å². The number of benzene rings is 1. The van der Waals surface area contributed by atoms with Crippen LogP contribution < -0.4 is 11.5 Å². The Morgan fingerprint density at radius 2 is 1.80 bits per heavy atom. The van der Waals surface area contributed by atoms with E-state index in [4.69, 9.17) is 17.9 Å². The van der Waals surface area contributed by atoms with E-state index in [1.54, 1.807) is 6.92 Å². The monoisotopic (exact) mass is 483 g/mol. The van der Waals surface area contributed by atoms with Crippen LogP contribution in [0.2, 0.25) is 0 Å². The molecule has 4 rings (SSSR count). The molecular formula is C24H25N3O8. The van der Waals surface area contributed by atoms with Crippen LogP contribution in [0.5, 0.6) is 5.75 Å². The Hall–Kier alpha value is -3.59. The Kier molecular flexibility index (Phi) is 5.40. The Morgan fingerprint density at radius 3 is 2.31 bits per heavy atom. The number of aliphatic hydroxyl groups is 2. The van der Waals surface area contributed by atoms with Crippen LogP contribution in [0.15, 0.2) is 6.07 Å². The van der Waals surface area contributed by atoms with E-state index in [1.165, 1.54) is 25.1 Å². The van der Waals surface area contributed by atoms with Crippen molar-refractivity contribution in [3.8, 4) is 18.1 Å². The maximum absolute atomic E-state index is 13.8. The summed E-state index contributed by atoms with van der Waals surface area (Å²) >= 11 is 0. The van der Waals surface area contributed by atoms with Crippen molar-refractivity contribution in [3.05, 3.63) is 22.8 Å². The van der Waals surface area contributed by atoms with Crippen molar-refractivity contribution in [3.63, 3.8) is 0 Å². The number of aliphatic hydroxyl groups excluding tert-OH is 1. The van der Waals surface area contributed by atoms with Crippen LogP contribution in [0.3, 0.4) is 0 Å². The molecule has 8 atom stereocenters. The molecule has 0 aliphatic heterocycles. The van der Waals surface area contributed by atoms with Gasteiger partial charge in [0.1, 0.15) is 0 Å². The summed E-state index contributed by atoms with van der Waals surface area (Å²) in [6, 6.07) is -0.0230. The maximum atomic E-state index is 13.8. The normalized spacial score (nSPS) is 36.3. The van der Waals surface area contributed by atoms with Gasteiger partial charge < -0.3 is 26.8 Å². The number of phenolic OH excluding ortho intramolecular Hbond substituents is 1. The second-order valence-electron chi connectivity index (χ2n) is 9.66. The van der Waals surface area contributed by atoms with E-state index in [2.05, 4.69) is 5.92 Å². The number of carbonyl (C=O) groups is 5.